The van der Waals surface area contributed by atoms with Crippen LogP contribution in [0.1, 0.15) is 48.1 Å². The quantitative estimate of drug-likeness (QED) is 0.913. The third-order valence-electron chi connectivity index (χ3n) is 3.48. The summed E-state index contributed by atoms with van der Waals surface area (Å²) < 4.78 is 22.9. The molecule has 1 aromatic heterocycles. The zero-order valence-corrected chi connectivity index (χ0v) is 11.7. The van der Waals surface area contributed by atoms with E-state index in [4.69, 9.17) is 5.73 Å². The van der Waals surface area contributed by atoms with E-state index in [0.29, 0.717) is 10.9 Å². The Morgan fingerprint density at radius 2 is 2.24 bits per heavy atom. The number of sulfone groups is 1. The second kappa shape index (κ2) is 4.66. The Morgan fingerprint density at radius 1 is 1.53 bits per heavy atom. The van der Waals surface area contributed by atoms with Crippen molar-refractivity contribution in [3.63, 3.8) is 0 Å². The van der Waals surface area contributed by atoms with Gasteiger partial charge in [0.15, 0.2) is 9.84 Å². The molecule has 96 valence electrons. The van der Waals surface area contributed by atoms with Crippen molar-refractivity contribution in [2.45, 2.75) is 43.4 Å². The highest BCUT2D eigenvalue weighted by atomic mass is 32.2. The highest BCUT2D eigenvalue weighted by Crippen LogP contribution is 2.35. The normalized spacial score (nSPS) is 27.2. The fraction of sp³-hybridized carbons (Fsp3) is 0.727. The highest BCUT2D eigenvalue weighted by molar-refractivity contribution is 7.91. The van der Waals surface area contributed by atoms with E-state index in [1.807, 2.05) is 5.38 Å². The average molecular weight is 274 g/mol. The molecule has 4 nitrogen and oxygen atoms in total. The van der Waals surface area contributed by atoms with Gasteiger partial charge in [0.25, 0.3) is 0 Å². The van der Waals surface area contributed by atoms with Crippen molar-refractivity contribution in [3.05, 3.63) is 16.1 Å². The summed E-state index contributed by atoms with van der Waals surface area (Å²) in [5.41, 5.74) is 7.01. The van der Waals surface area contributed by atoms with Crippen molar-refractivity contribution in [3.8, 4) is 0 Å². The topological polar surface area (TPSA) is 73.0 Å². The number of rotatable bonds is 3. The number of aromatic nitrogens is 1. The van der Waals surface area contributed by atoms with Gasteiger partial charge in [-0.05, 0) is 19.8 Å². The molecule has 0 radical (unpaired) electrons. The molecule has 3 unspecified atom stereocenters. The first-order valence-corrected chi connectivity index (χ1v) is 8.63. The molecule has 1 heterocycles. The Labute approximate surface area is 106 Å². The Bertz CT molecular complexity index is 495. The van der Waals surface area contributed by atoms with Crippen LogP contribution in [0.5, 0.6) is 0 Å². The molecule has 2 rings (SSSR count). The van der Waals surface area contributed by atoms with Gasteiger partial charge < -0.3 is 5.73 Å². The van der Waals surface area contributed by atoms with Gasteiger partial charge in [-0.25, -0.2) is 13.4 Å². The smallest absolute Gasteiger partial charge is 0.156 e. The van der Waals surface area contributed by atoms with E-state index in [1.165, 1.54) is 17.6 Å². The molecule has 1 aromatic rings. The lowest BCUT2D eigenvalue weighted by Crippen LogP contribution is -2.23. The van der Waals surface area contributed by atoms with Gasteiger partial charge in [0.1, 0.15) is 10.3 Å². The Balaban J connectivity index is 2.21. The Morgan fingerprint density at radius 3 is 2.76 bits per heavy atom. The number of hydrogen-bond donors (Lipinski definition) is 1. The summed E-state index contributed by atoms with van der Waals surface area (Å²) in [5, 5.41) is 2.13. The summed E-state index contributed by atoms with van der Waals surface area (Å²) >= 11 is 1.43. The summed E-state index contributed by atoms with van der Waals surface area (Å²) in [4.78, 5) is 4.47. The van der Waals surface area contributed by atoms with Crippen molar-refractivity contribution in [1.29, 1.82) is 0 Å². The van der Waals surface area contributed by atoms with E-state index in [0.717, 1.165) is 25.0 Å². The number of thiazole rings is 1. The molecule has 17 heavy (non-hydrogen) atoms. The molecule has 2 N–H and O–H groups in total. The van der Waals surface area contributed by atoms with Crippen molar-refractivity contribution in [2.24, 2.45) is 5.73 Å². The van der Waals surface area contributed by atoms with Crippen LogP contribution < -0.4 is 5.73 Å². The van der Waals surface area contributed by atoms with Crippen LogP contribution >= 0.6 is 11.3 Å². The predicted octanol–water partition coefficient (Wildman–Crippen LogP) is 1.84. The van der Waals surface area contributed by atoms with Crippen LogP contribution in [-0.2, 0) is 9.84 Å². The van der Waals surface area contributed by atoms with E-state index in [-0.39, 0.29) is 6.04 Å². The van der Waals surface area contributed by atoms with E-state index in [1.54, 1.807) is 6.92 Å². The second-order valence-corrected chi connectivity index (χ2v) is 8.04. The predicted molar refractivity (Wildman–Crippen MR) is 69.9 cm³/mol. The summed E-state index contributed by atoms with van der Waals surface area (Å²) in [5.74, 6) is 0.312. The minimum Gasteiger partial charge on any atom is -0.327 e. The lowest BCUT2D eigenvalue weighted by atomic mass is 10.0. The third kappa shape index (κ3) is 2.69. The lowest BCUT2D eigenvalue weighted by molar-refractivity contribution is 0.588. The SMILES string of the molecule is CC(c1nc(C2CCCC2N)cs1)S(C)(=O)=O. The molecule has 3 atom stereocenters. The summed E-state index contributed by atoms with van der Waals surface area (Å²) in [7, 11) is -3.06. The molecule has 1 aliphatic rings. The number of nitrogens with zero attached hydrogens (tertiary/aromatic N) is 1. The first kappa shape index (κ1) is 13.0. The lowest BCUT2D eigenvalue weighted by Gasteiger charge is -2.12. The largest absolute Gasteiger partial charge is 0.327 e. The molecule has 0 amide bonds. The Hall–Kier alpha value is -0.460. The molecule has 0 aliphatic heterocycles. The molecular weight excluding hydrogens is 256 g/mol. The van der Waals surface area contributed by atoms with Gasteiger partial charge in [0.05, 0.1) is 5.69 Å². The Kier molecular flexibility index (Phi) is 3.56. The van der Waals surface area contributed by atoms with E-state index < -0.39 is 15.1 Å². The standard InChI is InChI=1S/C11H18N2O2S2/c1-7(17(2,14)15)11-13-10(6-16-11)8-4-3-5-9(8)12/h6-9H,3-5,12H2,1-2H3. The van der Waals surface area contributed by atoms with Gasteiger partial charge >= 0.3 is 0 Å². The molecule has 0 bridgehead atoms. The van der Waals surface area contributed by atoms with Gasteiger partial charge in [0, 0.05) is 23.6 Å². The first-order chi connectivity index (χ1) is 7.89. The maximum atomic E-state index is 11.5. The van der Waals surface area contributed by atoms with E-state index in [2.05, 4.69) is 4.98 Å². The molecule has 0 saturated heterocycles. The average Bonchev–Trinajstić information content (AvgIpc) is 2.83. The zero-order chi connectivity index (χ0) is 12.6. The van der Waals surface area contributed by atoms with E-state index >= 15 is 0 Å². The molecular formula is C11H18N2O2S2. The second-order valence-electron chi connectivity index (χ2n) is 4.78. The van der Waals surface area contributed by atoms with Crippen molar-refractivity contribution in [1.82, 2.24) is 4.98 Å². The van der Waals surface area contributed by atoms with E-state index in [9.17, 15) is 8.42 Å². The fourth-order valence-corrected chi connectivity index (χ4v) is 4.13. The zero-order valence-electron chi connectivity index (χ0n) is 10.1. The van der Waals surface area contributed by atoms with Crippen LogP contribution in [0, 0.1) is 0 Å². The van der Waals surface area contributed by atoms with Crippen LogP contribution in [0.4, 0.5) is 0 Å². The number of nitrogens with two attached hydrogens (primary N) is 1. The van der Waals surface area contributed by atoms with Crippen molar-refractivity contribution >= 4 is 21.2 Å². The van der Waals surface area contributed by atoms with Crippen molar-refractivity contribution in [2.75, 3.05) is 6.26 Å². The van der Waals surface area contributed by atoms with Crippen LogP contribution in [0.3, 0.4) is 0 Å². The van der Waals surface area contributed by atoms with Crippen molar-refractivity contribution < 1.29 is 8.42 Å². The first-order valence-electron chi connectivity index (χ1n) is 5.79. The summed E-state index contributed by atoms with van der Waals surface area (Å²) in [6, 6.07) is 0.179. The molecule has 6 heteroatoms. The minimum atomic E-state index is -3.06. The monoisotopic (exact) mass is 274 g/mol. The summed E-state index contributed by atoms with van der Waals surface area (Å²) in [6.45, 7) is 1.69. The van der Waals surface area contributed by atoms with Crippen LogP contribution in [0.2, 0.25) is 0 Å². The van der Waals surface area contributed by atoms with Gasteiger partial charge in [-0.2, -0.15) is 0 Å². The highest BCUT2D eigenvalue weighted by Gasteiger charge is 2.29. The van der Waals surface area contributed by atoms with Gasteiger partial charge in [0.2, 0.25) is 0 Å². The van der Waals surface area contributed by atoms with Gasteiger partial charge in [-0.1, -0.05) is 6.42 Å². The molecule has 1 saturated carbocycles. The van der Waals surface area contributed by atoms with Gasteiger partial charge in [-0.15, -0.1) is 11.3 Å². The maximum Gasteiger partial charge on any atom is 0.156 e. The maximum absolute atomic E-state index is 11.5. The molecule has 0 aromatic carbocycles. The molecule has 1 fully saturated rings. The fourth-order valence-electron chi connectivity index (χ4n) is 2.20. The number of hydrogen-bond acceptors (Lipinski definition) is 5. The molecule has 0 spiro atoms. The van der Waals surface area contributed by atoms with Crippen LogP contribution in [0.15, 0.2) is 5.38 Å². The van der Waals surface area contributed by atoms with Crippen LogP contribution in [-0.4, -0.2) is 25.7 Å². The van der Waals surface area contributed by atoms with Crippen LogP contribution in [0.25, 0.3) is 0 Å². The summed E-state index contributed by atoms with van der Waals surface area (Å²) in [6.07, 6.45) is 4.50. The van der Waals surface area contributed by atoms with Gasteiger partial charge in [-0.3, -0.25) is 0 Å². The minimum absolute atomic E-state index is 0.179. The molecule has 1 aliphatic carbocycles. The third-order valence-corrected chi connectivity index (χ3v) is 6.18.